The molecule has 1 aliphatic carbocycles. The van der Waals surface area contributed by atoms with Gasteiger partial charge in [0.05, 0.1) is 23.2 Å². The van der Waals surface area contributed by atoms with Crippen molar-refractivity contribution >= 4 is 46.4 Å². The van der Waals surface area contributed by atoms with E-state index in [1.165, 1.54) is 0 Å². The van der Waals surface area contributed by atoms with E-state index in [0.717, 1.165) is 44.4 Å². The summed E-state index contributed by atoms with van der Waals surface area (Å²) in [6.45, 7) is 2.25. The molecule has 0 spiro atoms. The molecule has 0 unspecified atom stereocenters. The van der Waals surface area contributed by atoms with E-state index in [9.17, 15) is 24.0 Å². The van der Waals surface area contributed by atoms with Gasteiger partial charge in [-0.15, -0.1) is 11.3 Å². The highest BCUT2D eigenvalue weighted by molar-refractivity contribution is 7.17. The maximum atomic E-state index is 12.1. The largest absolute Gasteiger partial charge is 0.465 e. The number of fused-ring (bicyclic) bond motifs is 1. The number of imide groups is 1. The monoisotopic (exact) mass is 321 g/mol. The number of carbonyl (C=O) groups is 5. The van der Waals surface area contributed by atoms with Gasteiger partial charge in [-0.2, -0.15) is 0 Å². The van der Waals surface area contributed by atoms with Gasteiger partial charge in [0.15, 0.2) is 11.6 Å². The van der Waals surface area contributed by atoms with E-state index in [2.05, 4.69) is 4.74 Å². The standard InChI is InChI=1S/C14H11NO6S/c1-6(16)15(7(2)17)11-10-8(18)4-5-9(19)12(10)22-13(11)14(20)21-3/h4-5H,1-3H3. The maximum Gasteiger partial charge on any atom is 0.350 e. The minimum absolute atomic E-state index is 0.00963. The van der Waals surface area contributed by atoms with E-state index < -0.39 is 29.4 Å². The van der Waals surface area contributed by atoms with Crippen LogP contribution in [0.15, 0.2) is 12.2 Å². The molecule has 0 N–H and O–H groups in total. The molecule has 0 radical (unpaired) electrons. The van der Waals surface area contributed by atoms with Gasteiger partial charge < -0.3 is 4.74 Å². The molecule has 0 bridgehead atoms. The van der Waals surface area contributed by atoms with E-state index in [1.54, 1.807) is 0 Å². The van der Waals surface area contributed by atoms with Crippen LogP contribution in [-0.2, 0) is 14.3 Å². The zero-order chi connectivity index (χ0) is 16.6. The minimum Gasteiger partial charge on any atom is -0.465 e. The molecule has 1 aromatic rings. The highest BCUT2D eigenvalue weighted by atomic mass is 32.1. The Morgan fingerprint density at radius 3 is 2.09 bits per heavy atom. The lowest BCUT2D eigenvalue weighted by Gasteiger charge is -2.19. The van der Waals surface area contributed by atoms with Crippen LogP contribution < -0.4 is 4.90 Å². The van der Waals surface area contributed by atoms with Crippen LogP contribution in [0.4, 0.5) is 5.69 Å². The molecule has 8 heteroatoms. The molecule has 7 nitrogen and oxygen atoms in total. The van der Waals surface area contributed by atoms with Crippen LogP contribution in [0.3, 0.4) is 0 Å². The van der Waals surface area contributed by atoms with Gasteiger partial charge in [0, 0.05) is 13.8 Å². The SMILES string of the molecule is COC(=O)c1sc2c(c1N(C(C)=O)C(C)=O)C(=O)C=CC2=O. The van der Waals surface area contributed by atoms with Crippen molar-refractivity contribution in [1.82, 2.24) is 0 Å². The summed E-state index contributed by atoms with van der Waals surface area (Å²) in [4.78, 5) is 60.0. The molecule has 2 rings (SSSR count). The quantitative estimate of drug-likeness (QED) is 0.763. The number of methoxy groups -OCH3 is 1. The second kappa shape index (κ2) is 5.64. The van der Waals surface area contributed by atoms with Crippen molar-refractivity contribution in [2.75, 3.05) is 12.0 Å². The normalized spacial score (nSPS) is 12.9. The summed E-state index contributed by atoms with van der Waals surface area (Å²) in [7, 11) is 1.12. The molecule has 0 saturated heterocycles. The first-order valence-electron chi connectivity index (χ1n) is 6.12. The molecule has 1 heterocycles. The van der Waals surface area contributed by atoms with Crippen molar-refractivity contribution < 1.29 is 28.7 Å². The molecule has 1 aromatic heterocycles. The van der Waals surface area contributed by atoms with E-state index in [0.29, 0.717) is 4.90 Å². The Labute approximate surface area is 129 Å². The number of amides is 2. The van der Waals surface area contributed by atoms with Gasteiger partial charge >= 0.3 is 5.97 Å². The van der Waals surface area contributed by atoms with Crippen LogP contribution in [0.1, 0.15) is 43.5 Å². The third-order valence-electron chi connectivity index (χ3n) is 2.96. The lowest BCUT2D eigenvalue weighted by atomic mass is 10.0. The summed E-state index contributed by atoms with van der Waals surface area (Å²) in [5, 5.41) is 0. The predicted molar refractivity (Wildman–Crippen MR) is 77.3 cm³/mol. The third kappa shape index (κ3) is 2.37. The number of hydrogen-bond acceptors (Lipinski definition) is 7. The van der Waals surface area contributed by atoms with Crippen molar-refractivity contribution in [3.8, 4) is 0 Å². The fourth-order valence-corrected chi connectivity index (χ4v) is 3.24. The number of rotatable bonds is 2. The smallest absolute Gasteiger partial charge is 0.350 e. The zero-order valence-corrected chi connectivity index (χ0v) is 12.8. The second-order valence-corrected chi connectivity index (χ2v) is 5.43. The average molecular weight is 321 g/mol. The zero-order valence-electron chi connectivity index (χ0n) is 12.0. The van der Waals surface area contributed by atoms with E-state index in [4.69, 9.17) is 0 Å². The van der Waals surface area contributed by atoms with Crippen LogP contribution in [0.2, 0.25) is 0 Å². The molecule has 1 aliphatic rings. The summed E-state index contributed by atoms with van der Waals surface area (Å²) in [5.41, 5.74) is -0.308. The first-order chi connectivity index (χ1) is 10.3. The Hall–Kier alpha value is -2.61. The summed E-state index contributed by atoms with van der Waals surface area (Å²) < 4.78 is 4.61. The lowest BCUT2D eigenvalue weighted by Crippen LogP contribution is -2.35. The van der Waals surface area contributed by atoms with Gasteiger partial charge in [-0.05, 0) is 12.2 Å². The van der Waals surface area contributed by atoms with Crippen LogP contribution in [0.25, 0.3) is 0 Å². The highest BCUT2D eigenvalue weighted by Gasteiger charge is 2.36. The molecule has 0 saturated carbocycles. The molecular formula is C14H11NO6S. The number of thiophene rings is 1. The molecule has 114 valence electrons. The number of ether oxygens (including phenoxy) is 1. The molecule has 0 aromatic carbocycles. The Morgan fingerprint density at radius 1 is 1.05 bits per heavy atom. The predicted octanol–water partition coefficient (Wildman–Crippen LogP) is 1.37. The number of carbonyl (C=O) groups excluding carboxylic acids is 5. The Morgan fingerprint density at radius 2 is 1.59 bits per heavy atom. The van der Waals surface area contributed by atoms with Gasteiger partial charge in [-0.3, -0.25) is 19.2 Å². The number of ketones is 2. The van der Waals surface area contributed by atoms with Gasteiger partial charge in [0.2, 0.25) is 11.8 Å². The third-order valence-corrected chi connectivity index (χ3v) is 4.14. The molecular weight excluding hydrogens is 310 g/mol. The topological polar surface area (TPSA) is 97.8 Å². The van der Waals surface area contributed by atoms with Crippen LogP contribution >= 0.6 is 11.3 Å². The summed E-state index contributed by atoms with van der Waals surface area (Å²) >= 11 is 0.727. The second-order valence-electron chi connectivity index (χ2n) is 4.41. The van der Waals surface area contributed by atoms with E-state index in [1.807, 2.05) is 0 Å². The number of nitrogens with zero attached hydrogens (tertiary/aromatic N) is 1. The number of allylic oxidation sites excluding steroid dienone is 2. The maximum absolute atomic E-state index is 12.1. The highest BCUT2D eigenvalue weighted by Crippen LogP contribution is 2.39. The Bertz CT molecular complexity index is 744. The number of hydrogen-bond donors (Lipinski definition) is 0. The Balaban J connectivity index is 2.83. The average Bonchev–Trinajstić information content (AvgIpc) is 2.83. The van der Waals surface area contributed by atoms with Crippen molar-refractivity contribution in [3.63, 3.8) is 0 Å². The molecule has 0 aliphatic heterocycles. The molecule has 22 heavy (non-hydrogen) atoms. The van der Waals surface area contributed by atoms with Crippen molar-refractivity contribution in [1.29, 1.82) is 0 Å². The lowest BCUT2D eigenvalue weighted by molar-refractivity contribution is -0.124. The fraction of sp³-hybridized carbons (Fsp3) is 0.214. The molecule has 0 atom stereocenters. The van der Waals surface area contributed by atoms with Gasteiger partial charge in [0.25, 0.3) is 0 Å². The fourth-order valence-electron chi connectivity index (χ4n) is 2.12. The van der Waals surface area contributed by atoms with Crippen LogP contribution in [0.5, 0.6) is 0 Å². The summed E-state index contributed by atoms with van der Waals surface area (Å²) in [6.07, 6.45) is 2.12. The number of anilines is 1. The van der Waals surface area contributed by atoms with Crippen molar-refractivity contribution in [2.45, 2.75) is 13.8 Å². The van der Waals surface area contributed by atoms with E-state index >= 15 is 0 Å². The summed E-state index contributed by atoms with van der Waals surface area (Å²) in [5.74, 6) is -3.20. The Kier molecular flexibility index (Phi) is 4.05. The summed E-state index contributed by atoms with van der Waals surface area (Å²) in [6, 6.07) is 0. The minimum atomic E-state index is -0.831. The first-order valence-corrected chi connectivity index (χ1v) is 6.94. The van der Waals surface area contributed by atoms with Gasteiger partial charge in [-0.25, -0.2) is 9.69 Å². The van der Waals surface area contributed by atoms with E-state index in [-0.39, 0.29) is 21.0 Å². The van der Waals surface area contributed by atoms with Crippen molar-refractivity contribution in [3.05, 3.63) is 27.5 Å². The van der Waals surface area contributed by atoms with Crippen LogP contribution in [-0.4, -0.2) is 36.5 Å². The molecule has 0 fully saturated rings. The van der Waals surface area contributed by atoms with Gasteiger partial charge in [-0.1, -0.05) is 0 Å². The van der Waals surface area contributed by atoms with Crippen LogP contribution in [0, 0.1) is 0 Å². The van der Waals surface area contributed by atoms with Crippen molar-refractivity contribution in [2.24, 2.45) is 0 Å². The number of esters is 1. The first kappa shape index (κ1) is 15.8. The van der Waals surface area contributed by atoms with Gasteiger partial charge in [0.1, 0.15) is 4.88 Å². The molecule has 2 amide bonds.